The van der Waals surface area contributed by atoms with Crippen molar-refractivity contribution in [1.29, 1.82) is 0 Å². The van der Waals surface area contributed by atoms with E-state index in [1.54, 1.807) is 13.2 Å². The summed E-state index contributed by atoms with van der Waals surface area (Å²) in [6, 6.07) is 10.6. The molecule has 4 nitrogen and oxygen atoms in total. The van der Waals surface area contributed by atoms with Crippen LogP contribution in [0.25, 0.3) is 33.1 Å². The van der Waals surface area contributed by atoms with Crippen LogP contribution in [0.3, 0.4) is 0 Å². The number of oxazole rings is 1. The van der Waals surface area contributed by atoms with Crippen molar-refractivity contribution in [3.8, 4) is 11.1 Å². The molecule has 126 valence electrons. The molecule has 4 aromatic rings. The summed E-state index contributed by atoms with van der Waals surface area (Å²) in [6.45, 7) is 3.80. The first-order chi connectivity index (χ1) is 12.1. The van der Waals surface area contributed by atoms with Crippen LogP contribution in [0.5, 0.6) is 0 Å². The van der Waals surface area contributed by atoms with Gasteiger partial charge in [-0.2, -0.15) is 0 Å². The fraction of sp³-hybridized carbons (Fsp3) is 0.150. The zero-order valence-corrected chi connectivity index (χ0v) is 13.8. The molecule has 1 N–H and O–H groups in total. The molecule has 0 atom stereocenters. The molecular weight excluding hydrogens is 319 g/mol. The number of hydrogen-bond donors (Lipinski definition) is 1. The number of allylic oxidation sites excluding steroid dienone is 1. The maximum absolute atomic E-state index is 13.4. The minimum absolute atomic E-state index is 0.256. The topological polar surface area (TPSA) is 51.0 Å². The Hall–Kier alpha value is -3.08. The number of hydrogen-bond acceptors (Lipinski definition) is 3. The summed E-state index contributed by atoms with van der Waals surface area (Å²) < 4.78 is 24.3. The monoisotopic (exact) mass is 336 g/mol. The number of aryl methyl sites for hydroxylation is 1. The fourth-order valence-electron chi connectivity index (χ4n) is 2.93. The minimum Gasteiger partial charge on any atom is -0.502 e. The van der Waals surface area contributed by atoms with Crippen LogP contribution in [0, 0.1) is 5.82 Å². The molecule has 25 heavy (non-hydrogen) atoms. The predicted molar refractivity (Wildman–Crippen MR) is 95.7 cm³/mol. The Bertz CT molecular complexity index is 1080. The van der Waals surface area contributed by atoms with Gasteiger partial charge in [-0.1, -0.05) is 12.6 Å². The third-order valence-corrected chi connectivity index (χ3v) is 4.29. The number of aromatic amines is 1. The molecule has 0 saturated heterocycles. The van der Waals surface area contributed by atoms with E-state index in [0.29, 0.717) is 24.5 Å². The van der Waals surface area contributed by atoms with Crippen LogP contribution in [-0.2, 0) is 11.2 Å². The molecule has 0 radical (unpaired) electrons. The van der Waals surface area contributed by atoms with E-state index in [1.807, 2.05) is 24.4 Å². The molecule has 0 aliphatic carbocycles. The molecular formula is C20H17FN2O2. The van der Waals surface area contributed by atoms with Crippen molar-refractivity contribution in [2.24, 2.45) is 0 Å². The van der Waals surface area contributed by atoms with E-state index in [1.165, 1.54) is 12.1 Å². The lowest BCUT2D eigenvalue weighted by Crippen LogP contribution is -1.89. The molecule has 0 aliphatic rings. The van der Waals surface area contributed by atoms with Crippen molar-refractivity contribution in [3.63, 3.8) is 0 Å². The van der Waals surface area contributed by atoms with E-state index < -0.39 is 0 Å². The van der Waals surface area contributed by atoms with Crippen molar-refractivity contribution in [2.45, 2.75) is 12.8 Å². The summed E-state index contributed by atoms with van der Waals surface area (Å²) in [5.74, 6) is 1.11. The van der Waals surface area contributed by atoms with Gasteiger partial charge in [0.2, 0.25) is 0 Å². The smallest absolute Gasteiger partial charge is 0.195 e. The lowest BCUT2D eigenvalue weighted by atomic mass is 10.0. The molecule has 2 aromatic carbocycles. The Balaban J connectivity index is 1.69. The first-order valence-electron chi connectivity index (χ1n) is 8.02. The first kappa shape index (κ1) is 15.4. The van der Waals surface area contributed by atoms with Crippen LogP contribution in [0.2, 0.25) is 0 Å². The molecule has 0 bridgehead atoms. The molecule has 0 saturated carbocycles. The Morgan fingerprint density at radius 2 is 2.16 bits per heavy atom. The van der Waals surface area contributed by atoms with Gasteiger partial charge in [-0.3, -0.25) is 0 Å². The van der Waals surface area contributed by atoms with E-state index in [4.69, 9.17) is 9.15 Å². The number of methoxy groups -OCH3 is 1. The predicted octanol–water partition coefficient (Wildman–Crippen LogP) is 5.21. The van der Waals surface area contributed by atoms with Gasteiger partial charge in [0, 0.05) is 35.5 Å². The van der Waals surface area contributed by atoms with Crippen molar-refractivity contribution in [2.75, 3.05) is 7.11 Å². The second-order valence-corrected chi connectivity index (χ2v) is 5.93. The Labute approximate surface area is 143 Å². The number of nitrogens with one attached hydrogen (secondary N) is 1. The van der Waals surface area contributed by atoms with Crippen molar-refractivity contribution >= 4 is 22.0 Å². The average molecular weight is 336 g/mol. The first-order valence-corrected chi connectivity index (χ1v) is 8.02. The van der Waals surface area contributed by atoms with Crippen LogP contribution in [-0.4, -0.2) is 17.1 Å². The fourth-order valence-corrected chi connectivity index (χ4v) is 2.93. The van der Waals surface area contributed by atoms with Crippen molar-refractivity contribution in [3.05, 3.63) is 66.6 Å². The summed E-state index contributed by atoms with van der Waals surface area (Å²) in [7, 11) is 1.60. The standard InChI is InChI=1S/C20H17FN2O2/c1-12(24-2)3-8-20-23-17-7-4-13(9-19(17)25-20)16-11-22-18-10-14(21)5-6-15(16)18/h4-7,9-11,22H,1,3,8H2,2H3. The van der Waals surface area contributed by atoms with Crippen molar-refractivity contribution in [1.82, 2.24) is 9.97 Å². The average Bonchev–Trinajstić information content (AvgIpc) is 3.21. The van der Waals surface area contributed by atoms with Crippen LogP contribution in [0.1, 0.15) is 12.3 Å². The van der Waals surface area contributed by atoms with Gasteiger partial charge in [-0.25, -0.2) is 9.37 Å². The summed E-state index contributed by atoms with van der Waals surface area (Å²) in [4.78, 5) is 7.60. The third kappa shape index (κ3) is 2.89. The molecule has 0 aliphatic heterocycles. The maximum atomic E-state index is 13.4. The molecule has 5 heteroatoms. The van der Waals surface area contributed by atoms with Gasteiger partial charge in [0.25, 0.3) is 0 Å². The normalized spacial score (nSPS) is 11.3. The van der Waals surface area contributed by atoms with E-state index in [-0.39, 0.29) is 5.82 Å². The van der Waals surface area contributed by atoms with Crippen LogP contribution in [0.15, 0.2) is 59.4 Å². The Morgan fingerprint density at radius 1 is 1.28 bits per heavy atom. The van der Waals surface area contributed by atoms with Gasteiger partial charge in [-0.15, -0.1) is 0 Å². The quantitative estimate of drug-likeness (QED) is 0.509. The maximum Gasteiger partial charge on any atom is 0.195 e. The highest BCUT2D eigenvalue weighted by Gasteiger charge is 2.11. The SMILES string of the molecule is C=C(CCc1nc2ccc(-c3c[nH]c4cc(F)ccc34)cc2o1)OC. The molecule has 2 heterocycles. The van der Waals surface area contributed by atoms with Gasteiger partial charge in [0.05, 0.1) is 12.9 Å². The molecule has 0 fully saturated rings. The van der Waals surface area contributed by atoms with Gasteiger partial charge >= 0.3 is 0 Å². The van der Waals surface area contributed by atoms with Crippen molar-refractivity contribution < 1.29 is 13.5 Å². The summed E-state index contributed by atoms with van der Waals surface area (Å²) in [5.41, 5.74) is 4.31. The third-order valence-electron chi connectivity index (χ3n) is 4.29. The lowest BCUT2D eigenvalue weighted by molar-refractivity contribution is 0.276. The highest BCUT2D eigenvalue weighted by atomic mass is 19.1. The van der Waals surface area contributed by atoms with E-state index in [2.05, 4.69) is 16.5 Å². The number of ether oxygens (including phenoxy) is 1. The molecule has 0 unspecified atom stereocenters. The van der Waals surface area contributed by atoms with E-state index in [0.717, 1.165) is 33.1 Å². The number of H-pyrrole nitrogens is 1. The Morgan fingerprint density at radius 3 is 3.00 bits per heavy atom. The van der Waals surface area contributed by atoms with Crippen LogP contribution >= 0.6 is 0 Å². The molecule has 2 aromatic heterocycles. The summed E-state index contributed by atoms with van der Waals surface area (Å²) in [5, 5.41) is 0.969. The zero-order valence-electron chi connectivity index (χ0n) is 13.8. The van der Waals surface area contributed by atoms with Crippen LogP contribution in [0.4, 0.5) is 4.39 Å². The Kier molecular flexibility index (Phi) is 3.76. The number of nitrogens with zero attached hydrogens (tertiary/aromatic N) is 1. The van der Waals surface area contributed by atoms with Gasteiger partial charge in [0.15, 0.2) is 11.5 Å². The van der Waals surface area contributed by atoms with Gasteiger partial charge in [-0.05, 0) is 35.9 Å². The van der Waals surface area contributed by atoms with Crippen LogP contribution < -0.4 is 0 Å². The highest BCUT2D eigenvalue weighted by molar-refractivity contribution is 5.97. The molecule has 4 rings (SSSR count). The summed E-state index contributed by atoms with van der Waals surface area (Å²) in [6.07, 6.45) is 3.19. The number of benzene rings is 2. The van der Waals surface area contributed by atoms with E-state index >= 15 is 0 Å². The second-order valence-electron chi connectivity index (χ2n) is 5.93. The van der Waals surface area contributed by atoms with Gasteiger partial charge < -0.3 is 14.1 Å². The summed E-state index contributed by atoms with van der Waals surface area (Å²) >= 11 is 0. The zero-order chi connectivity index (χ0) is 17.4. The van der Waals surface area contributed by atoms with E-state index in [9.17, 15) is 4.39 Å². The minimum atomic E-state index is -0.256. The number of fused-ring (bicyclic) bond motifs is 2. The molecule has 0 spiro atoms. The largest absolute Gasteiger partial charge is 0.502 e. The number of rotatable bonds is 5. The molecule has 0 amide bonds. The second kappa shape index (κ2) is 6.09. The van der Waals surface area contributed by atoms with Gasteiger partial charge in [0.1, 0.15) is 11.3 Å². The highest BCUT2D eigenvalue weighted by Crippen LogP contribution is 2.31. The number of halogens is 1. The number of aromatic nitrogens is 2. The lowest BCUT2D eigenvalue weighted by Gasteiger charge is -2.00.